The van der Waals surface area contributed by atoms with Crippen molar-refractivity contribution in [3.63, 3.8) is 0 Å². The molecule has 0 unspecified atom stereocenters. The van der Waals surface area contributed by atoms with E-state index in [1.54, 1.807) is 0 Å². The summed E-state index contributed by atoms with van der Waals surface area (Å²) >= 11 is 0. The standard InChI is InChI=1S/C23H38O5/c1-2-3-4-5-6-7-11-14-23(24)28-20-19-26-16-15-25-17-18-27-21-22-12-9-8-10-13-22/h8-10,12-13H,2-7,11,14-21H2,1H3. The second-order valence-electron chi connectivity index (χ2n) is 6.85. The summed E-state index contributed by atoms with van der Waals surface area (Å²) in [6, 6.07) is 10.1. The van der Waals surface area contributed by atoms with Crippen LogP contribution in [0.2, 0.25) is 0 Å². The zero-order valence-corrected chi connectivity index (χ0v) is 17.5. The van der Waals surface area contributed by atoms with Gasteiger partial charge in [-0.2, -0.15) is 0 Å². The van der Waals surface area contributed by atoms with Crippen molar-refractivity contribution in [3.05, 3.63) is 35.9 Å². The molecular formula is C23H38O5. The molecule has 0 bridgehead atoms. The first-order valence-corrected chi connectivity index (χ1v) is 10.8. The Morgan fingerprint density at radius 2 is 1.29 bits per heavy atom. The number of carbonyl (C=O) groups excluding carboxylic acids is 1. The minimum atomic E-state index is -0.121. The van der Waals surface area contributed by atoms with Crippen LogP contribution in [0.5, 0.6) is 0 Å². The van der Waals surface area contributed by atoms with Gasteiger partial charge in [-0.15, -0.1) is 0 Å². The fourth-order valence-electron chi connectivity index (χ4n) is 2.72. The van der Waals surface area contributed by atoms with Gasteiger partial charge < -0.3 is 18.9 Å². The molecule has 5 heteroatoms. The molecule has 0 atom stereocenters. The average Bonchev–Trinajstić information content (AvgIpc) is 2.72. The highest BCUT2D eigenvalue weighted by atomic mass is 16.6. The maximum absolute atomic E-state index is 11.6. The number of unbranched alkanes of at least 4 members (excludes halogenated alkanes) is 6. The first kappa shape index (κ1) is 24.6. The van der Waals surface area contributed by atoms with Crippen molar-refractivity contribution in [2.45, 2.75) is 64.9 Å². The summed E-state index contributed by atoms with van der Waals surface area (Å²) in [5.41, 5.74) is 1.16. The fourth-order valence-corrected chi connectivity index (χ4v) is 2.72. The van der Waals surface area contributed by atoms with Crippen LogP contribution in [-0.2, 0) is 30.3 Å². The van der Waals surface area contributed by atoms with Gasteiger partial charge in [0.25, 0.3) is 0 Å². The Morgan fingerprint density at radius 1 is 0.714 bits per heavy atom. The fraction of sp³-hybridized carbons (Fsp3) is 0.696. The Morgan fingerprint density at radius 3 is 1.96 bits per heavy atom. The minimum absolute atomic E-state index is 0.121. The highest BCUT2D eigenvalue weighted by Gasteiger charge is 2.02. The van der Waals surface area contributed by atoms with Gasteiger partial charge >= 0.3 is 5.97 Å². The summed E-state index contributed by atoms with van der Waals surface area (Å²) in [5.74, 6) is -0.121. The van der Waals surface area contributed by atoms with E-state index in [-0.39, 0.29) is 5.97 Å². The predicted octanol–water partition coefficient (Wildman–Crippen LogP) is 4.92. The molecule has 0 aliphatic rings. The molecule has 1 rings (SSSR count). The Hall–Kier alpha value is -1.43. The molecule has 0 N–H and O–H groups in total. The van der Waals surface area contributed by atoms with Crippen LogP contribution in [0.3, 0.4) is 0 Å². The SMILES string of the molecule is CCCCCCCCCC(=O)OCCOCCOCCOCc1ccccc1. The Balaban J connectivity index is 1.76. The molecular weight excluding hydrogens is 356 g/mol. The van der Waals surface area contributed by atoms with E-state index >= 15 is 0 Å². The summed E-state index contributed by atoms with van der Waals surface area (Å²) in [6.45, 7) is 5.66. The van der Waals surface area contributed by atoms with Crippen LogP contribution in [0.25, 0.3) is 0 Å². The number of ether oxygens (including phenoxy) is 4. The van der Waals surface area contributed by atoms with Crippen LogP contribution in [0.15, 0.2) is 30.3 Å². The molecule has 0 aliphatic heterocycles. The Labute approximate surface area is 170 Å². The lowest BCUT2D eigenvalue weighted by Crippen LogP contribution is -2.13. The predicted molar refractivity (Wildman–Crippen MR) is 111 cm³/mol. The van der Waals surface area contributed by atoms with Gasteiger partial charge in [-0.3, -0.25) is 4.79 Å². The zero-order valence-electron chi connectivity index (χ0n) is 17.5. The van der Waals surface area contributed by atoms with Crippen molar-refractivity contribution in [2.75, 3.05) is 39.6 Å². The molecule has 1 aromatic rings. The van der Waals surface area contributed by atoms with Gasteiger partial charge in [0.15, 0.2) is 0 Å². The van der Waals surface area contributed by atoms with Crippen LogP contribution in [0.1, 0.15) is 63.9 Å². The van der Waals surface area contributed by atoms with E-state index in [0.29, 0.717) is 52.7 Å². The van der Waals surface area contributed by atoms with E-state index in [2.05, 4.69) is 6.92 Å². The molecule has 0 saturated heterocycles. The lowest BCUT2D eigenvalue weighted by Gasteiger charge is -2.08. The third-order valence-corrected chi connectivity index (χ3v) is 4.33. The van der Waals surface area contributed by atoms with Crippen molar-refractivity contribution in [1.82, 2.24) is 0 Å². The van der Waals surface area contributed by atoms with Gasteiger partial charge in [-0.1, -0.05) is 75.8 Å². The van der Waals surface area contributed by atoms with E-state index in [1.807, 2.05) is 30.3 Å². The Kier molecular flexibility index (Phi) is 16.6. The normalized spacial score (nSPS) is 10.9. The molecule has 1 aromatic carbocycles. The van der Waals surface area contributed by atoms with E-state index in [4.69, 9.17) is 18.9 Å². The van der Waals surface area contributed by atoms with Gasteiger partial charge in [0.1, 0.15) is 6.61 Å². The van der Waals surface area contributed by atoms with Gasteiger partial charge in [0.05, 0.1) is 39.6 Å². The minimum Gasteiger partial charge on any atom is -0.463 e. The van der Waals surface area contributed by atoms with Crippen LogP contribution < -0.4 is 0 Å². The monoisotopic (exact) mass is 394 g/mol. The van der Waals surface area contributed by atoms with Gasteiger partial charge in [-0.25, -0.2) is 0 Å². The summed E-state index contributed by atoms with van der Waals surface area (Å²) < 4.78 is 21.5. The van der Waals surface area contributed by atoms with Gasteiger partial charge in [0.2, 0.25) is 0 Å². The second kappa shape index (κ2) is 18.9. The lowest BCUT2D eigenvalue weighted by molar-refractivity contribution is -0.145. The van der Waals surface area contributed by atoms with Gasteiger partial charge in [0, 0.05) is 6.42 Å². The summed E-state index contributed by atoms with van der Waals surface area (Å²) in [5, 5.41) is 0. The first-order chi connectivity index (χ1) is 13.8. The molecule has 0 saturated carbocycles. The molecule has 28 heavy (non-hydrogen) atoms. The van der Waals surface area contributed by atoms with Crippen molar-refractivity contribution < 1.29 is 23.7 Å². The first-order valence-electron chi connectivity index (χ1n) is 10.8. The number of esters is 1. The molecule has 0 aliphatic carbocycles. The number of hydrogen-bond acceptors (Lipinski definition) is 5. The quantitative estimate of drug-likeness (QED) is 0.246. The third-order valence-electron chi connectivity index (χ3n) is 4.33. The smallest absolute Gasteiger partial charge is 0.305 e. The number of benzene rings is 1. The highest BCUT2D eigenvalue weighted by Crippen LogP contribution is 2.08. The van der Waals surface area contributed by atoms with E-state index in [0.717, 1.165) is 18.4 Å². The van der Waals surface area contributed by atoms with Crippen LogP contribution in [0.4, 0.5) is 0 Å². The largest absolute Gasteiger partial charge is 0.463 e. The van der Waals surface area contributed by atoms with Gasteiger partial charge in [-0.05, 0) is 12.0 Å². The van der Waals surface area contributed by atoms with Crippen LogP contribution in [0, 0.1) is 0 Å². The molecule has 0 aromatic heterocycles. The number of rotatable bonds is 19. The summed E-state index contributed by atoms with van der Waals surface area (Å²) in [6.07, 6.45) is 8.93. The van der Waals surface area contributed by atoms with E-state index < -0.39 is 0 Å². The van der Waals surface area contributed by atoms with Crippen LogP contribution >= 0.6 is 0 Å². The molecule has 0 fully saturated rings. The topological polar surface area (TPSA) is 54.0 Å². The summed E-state index contributed by atoms with van der Waals surface area (Å²) in [4.78, 5) is 11.6. The number of carbonyl (C=O) groups is 1. The molecule has 160 valence electrons. The molecule has 0 heterocycles. The third kappa shape index (κ3) is 15.6. The highest BCUT2D eigenvalue weighted by molar-refractivity contribution is 5.69. The molecule has 0 amide bonds. The molecule has 5 nitrogen and oxygen atoms in total. The van der Waals surface area contributed by atoms with Crippen molar-refractivity contribution >= 4 is 5.97 Å². The van der Waals surface area contributed by atoms with Crippen LogP contribution in [-0.4, -0.2) is 45.6 Å². The van der Waals surface area contributed by atoms with Crippen molar-refractivity contribution in [3.8, 4) is 0 Å². The van der Waals surface area contributed by atoms with Crippen molar-refractivity contribution in [2.24, 2.45) is 0 Å². The molecule has 0 spiro atoms. The molecule has 0 radical (unpaired) electrons. The van der Waals surface area contributed by atoms with E-state index in [1.165, 1.54) is 32.1 Å². The maximum atomic E-state index is 11.6. The second-order valence-corrected chi connectivity index (χ2v) is 6.85. The Bertz CT molecular complexity index is 463. The van der Waals surface area contributed by atoms with Crippen molar-refractivity contribution in [1.29, 1.82) is 0 Å². The lowest BCUT2D eigenvalue weighted by atomic mass is 10.1. The summed E-state index contributed by atoms with van der Waals surface area (Å²) in [7, 11) is 0. The van der Waals surface area contributed by atoms with E-state index in [9.17, 15) is 4.79 Å². The average molecular weight is 395 g/mol. The maximum Gasteiger partial charge on any atom is 0.305 e. The zero-order chi connectivity index (χ0) is 20.1. The number of hydrogen-bond donors (Lipinski definition) is 0.